The molecule has 14 heavy (non-hydrogen) atoms. The molecule has 0 fully saturated rings. The van der Waals surface area contributed by atoms with Gasteiger partial charge in [-0.1, -0.05) is 6.07 Å². The van der Waals surface area contributed by atoms with E-state index in [9.17, 15) is 17.6 Å². The summed E-state index contributed by atoms with van der Waals surface area (Å²) in [5.74, 6) is -1.27. The Hall–Kier alpha value is -1.10. The number of nitrogens with two attached hydrogens (primary N) is 1. The summed E-state index contributed by atoms with van der Waals surface area (Å²) in [5.41, 5.74) is 4.20. The Kier molecular flexibility index (Phi) is 2.80. The molecule has 0 bridgehead atoms. The second-order valence-corrected chi connectivity index (χ2v) is 2.97. The van der Waals surface area contributed by atoms with Crippen molar-refractivity contribution < 1.29 is 17.6 Å². The predicted octanol–water partition coefficient (Wildman–Crippen LogP) is 2.61. The van der Waals surface area contributed by atoms with Gasteiger partial charge in [0.1, 0.15) is 5.82 Å². The van der Waals surface area contributed by atoms with Crippen molar-refractivity contribution in [2.24, 2.45) is 5.73 Å². The van der Waals surface area contributed by atoms with E-state index in [1.165, 1.54) is 13.0 Å². The van der Waals surface area contributed by atoms with Crippen LogP contribution in [-0.4, -0.2) is 0 Å². The summed E-state index contributed by atoms with van der Waals surface area (Å²) in [6.07, 6.45) is -4.65. The molecular formula is C9H9F4N. The lowest BCUT2D eigenvalue weighted by Gasteiger charge is -2.12. The maximum atomic E-state index is 13.0. The van der Waals surface area contributed by atoms with E-state index in [0.29, 0.717) is 5.56 Å². The maximum Gasteiger partial charge on any atom is 0.419 e. The number of aryl methyl sites for hydroxylation is 1. The number of benzene rings is 1. The van der Waals surface area contributed by atoms with Crippen molar-refractivity contribution in [3.63, 3.8) is 0 Å². The van der Waals surface area contributed by atoms with Crippen molar-refractivity contribution in [1.29, 1.82) is 0 Å². The van der Waals surface area contributed by atoms with Crippen LogP contribution < -0.4 is 5.73 Å². The van der Waals surface area contributed by atoms with Crippen molar-refractivity contribution in [2.45, 2.75) is 19.6 Å². The number of halogens is 4. The van der Waals surface area contributed by atoms with Crippen LogP contribution in [0.1, 0.15) is 16.7 Å². The molecule has 2 N–H and O–H groups in total. The van der Waals surface area contributed by atoms with E-state index in [0.717, 1.165) is 6.07 Å². The molecular weight excluding hydrogens is 198 g/mol. The smallest absolute Gasteiger partial charge is 0.326 e. The molecule has 0 aliphatic heterocycles. The van der Waals surface area contributed by atoms with Crippen LogP contribution in [-0.2, 0) is 12.7 Å². The Morgan fingerprint density at radius 3 is 2.21 bits per heavy atom. The van der Waals surface area contributed by atoms with Gasteiger partial charge in [-0.05, 0) is 24.1 Å². The van der Waals surface area contributed by atoms with Gasteiger partial charge in [0.25, 0.3) is 0 Å². The molecule has 0 heterocycles. The highest BCUT2D eigenvalue weighted by Gasteiger charge is 2.35. The van der Waals surface area contributed by atoms with Crippen LogP contribution in [0.25, 0.3) is 0 Å². The maximum absolute atomic E-state index is 13.0. The van der Waals surface area contributed by atoms with Gasteiger partial charge in [0.15, 0.2) is 0 Å². The minimum absolute atomic E-state index is 0.0237. The molecule has 0 atom stereocenters. The molecule has 0 aliphatic rings. The first-order valence-corrected chi connectivity index (χ1v) is 3.92. The van der Waals surface area contributed by atoms with Crippen molar-refractivity contribution in [1.82, 2.24) is 0 Å². The molecule has 0 aliphatic carbocycles. The highest BCUT2D eigenvalue weighted by molar-refractivity contribution is 5.34. The Bertz CT molecular complexity index is 320. The zero-order valence-electron chi connectivity index (χ0n) is 7.45. The Morgan fingerprint density at radius 2 is 1.86 bits per heavy atom. The normalized spacial score (nSPS) is 11.9. The first kappa shape index (κ1) is 11.0. The molecule has 5 heteroatoms. The Labute approximate surface area is 78.5 Å². The fraction of sp³-hybridized carbons (Fsp3) is 0.333. The van der Waals surface area contributed by atoms with Gasteiger partial charge in [-0.3, -0.25) is 0 Å². The van der Waals surface area contributed by atoms with Crippen LogP contribution in [0, 0.1) is 12.7 Å². The molecule has 0 saturated heterocycles. The molecule has 78 valence electrons. The minimum Gasteiger partial charge on any atom is -0.326 e. The van der Waals surface area contributed by atoms with Crippen LogP contribution in [0.5, 0.6) is 0 Å². The largest absolute Gasteiger partial charge is 0.419 e. The zero-order chi connectivity index (χ0) is 10.9. The van der Waals surface area contributed by atoms with Crippen LogP contribution in [0.15, 0.2) is 12.1 Å². The van der Waals surface area contributed by atoms with Gasteiger partial charge >= 0.3 is 6.18 Å². The second kappa shape index (κ2) is 3.57. The predicted molar refractivity (Wildman–Crippen MR) is 44.0 cm³/mol. The van der Waals surface area contributed by atoms with E-state index < -0.39 is 17.6 Å². The van der Waals surface area contributed by atoms with Gasteiger partial charge < -0.3 is 5.73 Å². The summed E-state index contributed by atoms with van der Waals surface area (Å²) < 4.78 is 49.8. The summed E-state index contributed by atoms with van der Waals surface area (Å²) >= 11 is 0. The molecule has 1 rings (SSSR count). The zero-order valence-corrected chi connectivity index (χ0v) is 7.45. The van der Waals surface area contributed by atoms with Crippen LogP contribution in [0.3, 0.4) is 0 Å². The average Bonchev–Trinajstić information content (AvgIpc) is 1.99. The molecule has 0 unspecified atom stereocenters. The molecule has 0 radical (unpaired) electrons. The Morgan fingerprint density at radius 1 is 1.29 bits per heavy atom. The summed E-state index contributed by atoms with van der Waals surface area (Å²) in [5, 5.41) is 0. The van der Waals surface area contributed by atoms with E-state index >= 15 is 0 Å². The monoisotopic (exact) mass is 207 g/mol. The van der Waals surface area contributed by atoms with E-state index in [4.69, 9.17) is 5.73 Å². The number of hydrogen-bond donors (Lipinski definition) is 1. The quantitative estimate of drug-likeness (QED) is 0.704. The molecule has 1 aromatic carbocycles. The van der Waals surface area contributed by atoms with Gasteiger partial charge in [-0.2, -0.15) is 13.2 Å². The summed E-state index contributed by atoms with van der Waals surface area (Å²) in [6.45, 7) is 1.24. The van der Waals surface area contributed by atoms with Crippen LogP contribution >= 0.6 is 0 Å². The first-order chi connectivity index (χ1) is 6.36. The SMILES string of the molecule is Cc1cc(CN)cc(F)c1C(F)(F)F. The van der Waals surface area contributed by atoms with Gasteiger partial charge in [0.2, 0.25) is 0 Å². The Balaban J connectivity index is 3.33. The molecule has 0 spiro atoms. The summed E-state index contributed by atoms with van der Waals surface area (Å²) in [7, 11) is 0. The van der Waals surface area contributed by atoms with E-state index in [1.54, 1.807) is 0 Å². The molecule has 1 aromatic rings. The fourth-order valence-corrected chi connectivity index (χ4v) is 1.29. The average molecular weight is 207 g/mol. The van der Waals surface area contributed by atoms with Crippen LogP contribution in [0.4, 0.5) is 17.6 Å². The molecule has 0 saturated carbocycles. The van der Waals surface area contributed by atoms with Gasteiger partial charge in [-0.25, -0.2) is 4.39 Å². The van der Waals surface area contributed by atoms with Gasteiger partial charge in [0.05, 0.1) is 5.56 Å². The van der Waals surface area contributed by atoms with Crippen molar-refractivity contribution >= 4 is 0 Å². The second-order valence-electron chi connectivity index (χ2n) is 2.97. The van der Waals surface area contributed by atoms with E-state index in [1.807, 2.05) is 0 Å². The third kappa shape index (κ3) is 2.04. The van der Waals surface area contributed by atoms with Gasteiger partial charge in [0, 0.05) is 6.54 Å². The standard InChI is InChI=1S/C9H9F4N/c1-5-2-6(4-14)3-7(10)8(5)9(11,12)13/h2-3H,4,14H2,1H3. The van der Waals surface area contributed by atoms with Crippen molar-refractivity contribution in [3.8, 4) is 0 Å². The fourth-order valence-electron chi connectivity index (χ4n) is 1.29. The van der Waals surface area contributed by atoms with Crippen molar-refractivity contribution in [3.05, 3.63) is 34.6 Å². The minimum atomic E-state index is -4.65. The molecule has 1 nitrogen and oxygen atoms in total. The topological polar surface area (TPSA) is 26.0 Å². The molecule has 0 aromatic heterocycles. The first-order valence-electron chi connectivity index (χ1n) is 3.92. The third-order valence-electron chi connectivity index (χ3n) is 1.87. The van der Waals surface area contributed by atoms with Crippen molar-refractivity contribution in [2.75, 3.05) is 0 Å². The van der Waals surface area contributed by atoms with Crippen LogP contribution in [0.2, 0.25) is 0 Å². The number of alkyl halides is 3. The summed E-state index contributed by atoms with van der Waals surface area (Å²) in [4.78, 5) is 0. The van der Waals surface area contributed by atoms with E-state index in [2.05, 4.69) is 0 Å². The molecule has 0 amide bonds. The number of rotatable bonds is 1. The third-order valence-corrected chi connectivity index (χ3v) is 1.87. The van der Waals surface area contributed by atoms with Gasteiger partial charge in [-0.15, -0.1) is 0 Å². The lowest BCUT2D eigenvalue weighted by atomic mass is 10.0. The highest BCUT2D eigenvalue weighted by atomic mass is 19.4. The highest BCUT2D eigenvalue weighted by Crippen LogP contribution is 2.34. The summed E-state index contributed by atoms with van der Waals surface area (Å²) in [6, 6.07) is 2.06. The number of hydrogen-bond acceptors (Lipinski definition) is 1. The lowest BCUT2D eigenvalue weighted by Crippen LogP contribution is -2.12. The lowest BCUT2D eigenvalue weighted by molar-refractivity contribution is -0.140. The van der Waals surface area contributed by atoms with E-state index in [-0.39, 0.29) is 12.1 Å².